The number of hydrogen-bond acceptors (Lipinski definition) is 5. The van der Waals surface area contributed by atoms with Crippen LogP contribution in [-0.2, 0) is 14.3 Å². The first-order chi connectivity index (χ1) is 14.4. The van der Waals surface area contributed by atoms with Gasteiger partial charge in [-0.05, 0) is 30.3 Å². The SMILES string of the molecule is CC(=O)OCCNC(=O)Nc1ccc2c(c1)C(c1ccccc1F)=NCC(=O)N2C. The molecule has 2 aromatic rings. The Labute approximate surface area is 172 Å². The highest BCUT2D eigenvalue weighted by atomic mass is 19.1. The average molecular weight is 412 g/mol. The molecule has 0 aliphatic carbocycles. The number of anilines is 2. The molecule has 1 aliphatic rings. The maximum Gasteiger partial charge on any atom is 0.319 e. The number of aliphatic imine (C=N–C) groups is 1. The van der Waals surface area contributed by atoms with E-state index >= 15 is 0 Å². The molecule has 3 amide bonds. The number of amides is 3. The zero-order valence-electron chi connectivity index (χ0n) is 16.6. The van der Waals surface area contributed by atoms with Gasteiger partial charge in [0, 0.05) is 30.8 Å². The molecule has 0 atom stereocenters. The van der Waals surface area contributed by atoms with Gasteiger partial charge < -0.3 is 20.3 Å². The molecule has 0 fully saturated rings. The minimum Gasteiger partial charge on any atom is -0.464 e. The van der Waals surface area contributed by atoms with E-state index in [0.717, 1.165) is 0 Å². The van der Waals surface area contributed by atoms with Crippen molar-refractivity contribution in [3.05, 3.63) is 59.4 Å². The number of halogens is 1. The topological polar surface area (TPSA) is 100 Å². The summed E-state index contributed by atoms with van der Waals surface area (Å²) in [7, 11) is 1.62. The van der Waals surface area contributed by atoms with Crippen molar-refractivity contribution in [2.75, 3.05) is 37.0 Å². The van der Waals surface area contributed by atoms with Gasteiger partial charge in [-0.3, -0.25) is 14.6 Å². The number of nitrogens with zero attached hydrogens (tertiary/aromatic N) is 2. The molecule has 0 saturated carbocycles. The minimum absolute atomic E-state index is 0.0595. The van der Waals surface area contributed by atoms with E-state index in [4.69, 9.17) is 4.74 Å². The van der Waals surface area contributed by atoms with E-state index in [1.165, 1.54) is 17.9 Å². The quantitative estimate of drug-likeness (QED) is 0.581. The summed E-state index contributed by atoms with van der Waals surface area (Å²) in [6.45, 7) is 1.37. The summed E-state index contributed by atoms with van der Waals surface area (Å²) >= 11 is 0. The fourth-order valence-corrected chi connectivity index (χ4v) is 2.99. The Balaban J connectivity index is 1.87. The summed E-state index contributed by atoms with van der Waals surface area (Å²) in [4.78, 5) is 40.9. The summed E-state index contributed by atoms with van der Waals surface area (Å²) in [6, 6.07) is 10.6. The molecule has 2 aromatic carbocycles. The molecule has 0 saturated heterocycles. The average Bonchev–Trinajstić information content (AvgIpc) is 2.83. The van der Waals surface area contributed by atoms with Crippen molar-refractivity contribution in [3.63, 3.8) is 0 Å². The Morgan fingerprint density at radius 3 is 2.70 bits per heavy atom. The van der Waals surface area contributed by atoms with Gasteiger partial charge in [0.2, 0.25) is 5.91 Å². The van der Waals surface area contributed by atoms with Crippen LogP contribution in [-0.4, -0.2) is 50.4 Å². The fourth-order valence-electron chi connectivity index (χ4n) is 2.99. The highest BCUT2D eigenvalue weighted by molar-refractivity contribution is 6.20. The molecular formula is C21H21FN4O4. The van der Waals surface area contributed by atoms with Gasteiger partial charge in [-0.2, -0.15) is 0 Å². The number of ether oxygens (including phenoxy) is 1. The molecule has 0 unspecified atom stereocenters. The lowest BCUT2D eigenvalue weighted by atomic mass is 9.99. The van der Waals surface area contributed by atoms with Crippen LogP contribution in [0.5, 0.6) is 0 Å². The van der Waals surface area contributed by atoms with Crippen molar-refractivity contribution in [3.8, 4) is 0 Å². The summed E-state index contributed by atoms with van der Waals surface area (Å²) in [5.41, 5.74) is 2.11. The number of urea groups is 1. The first-order valence-electron chi connectivity index (χ1n) is 9.25. The van der Waals surface area contributed by atoms with Crippen molar-refractivity contribution in [1.82, 2.24) is 5.32 Å². The third kappa shape index (κ3) is 4.80. The van der Waals surface area contributed by atoms with E-state index in [-0.39, 0.29) is 31.2 Å². The van der Waals surface area contributed by atoms with Gasteiger partial charge in [0.1, 0.15) is 19.0 Å². The third-order valence-electron chi connectivity index (χ3n) is 4.44. The number of hydrogen-bond donors (Lipinski definition) is 2. The number of nitrogens with one attached hydrogen (secondary N) is 2. The number of esters is 1. The monoisotopic (exact) mass is 412 g/mol. The fraction of sp³-hybridized carbons (Fsp3) is 0.238. The second-order valence-corrected chi connectivity index (χ2v) is 6.55. The van der Waals surface area contributed by atoms with E-state index in [2.05, 4.69) is 15.6 Å². The van der Waals surface area contributed by atoms with Crippen LogP contribution in [0.2, 0.25) is 0 Å². The Bertz CT molecular complexity index is 1020. The van der Waals surface area contributed by atoms with Gasteiger partial charge in [0.15, 0.2) is 0 Å². The van der Waals surface area contributed by atoms with Crippen LogP contribution in [0.3, 0.4) is 0 Å². The second-order valence-electron chi connectivity index (χ2n) is 6.55. The number of likely N-dealkylation sites (N-methyl/N-ethyl adjacent to an activating group) is 1. The normalized spacial score (nSPS) is 13.1. The summed E-state index contributed by atoms with van der Waals surface area (Å²) in [5.74, 6) is -1.12. The second kappa shape index (κ2) is 9.17. The molecule has 0 spiro atoms. The van der Waals surface area contributed by atoms with Crippen LogP contribution >= 0.6 is 0 Å². The van der Waals surface area contributed by atoms with Gasteiger partial charge in [0.25, 0.3) is 0 Å². The highest BCUT2D eigenvalue weighted by Crippen LogP contribution is 2.29. The highest BCUT2D eigenvalue weighted by Gasteiger charge is 2.24. The van der Waals surface area contributed by atoms with Gasteiger partial charge >= 0.3 is 12.0 Å². The summed E-state index contributed by atoms with van der Waals surface area (Å²) in [5, 5.41) is 5.24. The van der Waals surface area contributed by atoms with Crippen LogP contribution in [0.15, 0.2) is 47.5 Å². The zero-order valence-corrected chi connectivity index (χ0v) is 16.6. The van der Waals surface area contributed by atoms with Crippen molar-refractivity contribution < 1.29 is 23.5 Å². The lowest BCUT2D eigenvalue weighted by molar-refractivity contribution is -0.140. The Kier molecular flexibility index (Phi) is 6.41. The number of fused-ring (bicyclic) bond motifs is 1. The molecule has 2 N–H and O–H groups in total. The van der Waals surface area contributed by atoms with Crippen molar-refractivity contribution in [1.29, 1.82) is 0 Å². The number of rotatable bonds is 5. The predicted octanol–water partition coefficient (Wildman–Crippen LogP) is 2.32. The lowest BCUT2D eigenvalue weighted by Gasteiger charge is -2.19. The summed E-state index contributed by atoms with van der Waals surface area (Å²) in [6.07, 6.45) is 0. The molecule has 30 heavy (non-hydrogen) atoms. The van der Waals surface area contributed by atoms with Crippen molar-refractivity contribution in [2.45, 2.75) is 6.92 Å². The zero-order chi connectivity index (χ0) is 21.7. The lowest BCUT2D eigenvalue weighted by Crippen LogP contribution is -2.32. The number of benzene rings is 2. The maximum atomic E-state index is 14.4. The number of benzodiazepines with no additional fused rings is 1. The van der Waals surface area contributed by atoms with Crippen molar-refractivity contribution >= 4 is 35.0 Å². The van der Waals surface area contributed by atoms with Crippen LogP contribution in [0, 0.1) is 5.82 Å². The van der Waals surface area contributed by atoms with E-state index in [9.17, 15) is 18.8 Å². The minimum atomic E-state index is -0.496. The first kappa shape index (κ1) is 21.0. The van der Waals surface area contributed by atoms with Gasteiger partial charge in [-0.15, -0.1) is 0 Å². The van der Waals surface area contributed by atoms with E-state index in [0.29, 0.717) is 22.6 Å². The molecule has 0 aromatic heterocycles. The Morgan fingerprint density at radius 2 is 1.97 bits per heavy atom. The third-order valence-corrected chi connectivity index (χ3v) is 4.44. The smallest absolute Gasteiger partial charge is 0.319 e. The van der Waals surface area contributed by atoms with Gasteiger partial charge in [-0.1, -0.05) is 12.1 Å². The van der Waals surface area contributed by atoms with Gasteiger partial charge in [-0.25, -0.2) is 9.18 Å². The largest absolute Gasteiger partial charge is 0.464 e. The summed E-state index contributed by atoms with van der Waals surface area (Å²) < 4.78 is 19.2. The Morgan fingerprint density at radius 1 is 1.20 bits per heavy atom. The van der Waals surface area contributed by atoms with E-state index in [1.807, 2.05) is 0 Å². The van der Waals surface area contributed by atoms with Crippen LogP contribution < -0.4 is 15.5 Å². The molecule has 0 bridgehead atoms. The van der Waals surface area contributed by atoms with Crippen LogP contribution in [0.4, 0.5) is 20.6 Å². The standard InChI is InChI=1S/C21H21FN4O4/c1-13(27)30-10-9-23-21(29)25-14-7-8-18-16(11-14)20(24-12-19(28)26(18)2)15-5-3-4-6-17(15)22/h3-8,11H,9-10,12H2,1-2H3,(H2,23,25,29). The molecule has 0 radical (unpaired) electrons. The molecule has 1 aliphatic heterocycles. The van der Waals surface area contributed by atoms with E-state index < -0.39 is 17.8 Å². The van der Waals surface area contributed by atoms with Crippen molar-refractivity contribution in [2.24, 2.45) is 4.99 Å². The molecule has 156 valence electrons. The maximum absolute atomic E-state index is 14.4. The van der Waals surface area contributed by atoms with Crippen LogP contribution in [0.1, 0.15) is 18.1 Å². The number of carbonyl (C=O) groups excluding carboxylic acids is 3. The Hall–Kier alpha value is -3.75. The molecule has 3 rings (SSSR count). The van der Waals surface area contributed by atoms with Crippen LogP contribution in [0.25, 0.3) is 0 Å². The first-order valence-corrected chi connectivity index (χ1v) is 9.25. The molecule has 9 heteroatoms. The number of carbonyl (C=O) groups is 3. The van der Waals surface area contributed by atoms with E-state index in [1.54, 1.807) is 43.4 Å². The predicted molar refractivity (Wildman–Crippen MR) is 110 cm³/mol. The molecule has 8 nitrogen and oxygen atoms in total. The van der Waals surface area contributed by atoms with Gasteiger partial charge in [0.05, 0.1) is 17.9 Å². The molecule has 1 heterocycles. The molecular weight excluding hydrogens is 391 g/mol.